The number of rotatable bonds is 0. The van der Waals surface area contributed by atoms with E-state index in [1.54, 1.807) is 0 Å². The molecule has 0 aromatic rings. The van der Waals surface area contributed by atoms with Gasteiger partial charge < -0.3 is 15.3 Å². The maximum absolute atomic E-state index is 13.0. The number of hydrogen-bond acceptors (Lipinski definition) is 4. The van der Waals surface area contributed by atoms with Gasteiger partial charge in [-0.25, -0.2) is 0 Å². The molecule has 0 aromatic heterocycles. The van der Waals surface area contributed by atoms with Gasteiger partial charge in [0.15, 0.2) is 5.78 Å². The van der Waals surface area contributed by atoms with Crippen LogP contribution < -0.4 is 0 Å². The summed E-state index contributed by atoms with van der Waals surface area (Å²) < 4.78 is 0. The molecule has 0 spiro atoms. The van der Waals surface area contributed by atoms with Crippen LogP contribution in [-0.2, 0) is 4.79 Å². The molecule has 130 valence electrons. The molecule has 4 rings (SSSR count). The number of aliphatic hydroxyl groups excluding tert-OH is 3. The minimum Gasteiger partial charge on any atom is -0.393 e. The van der Waals surface area contributed by atoms with Gasteiger partial charge in [-0.15, -0.1) is 0 Å². The number of carbonyl (C=O) groups excluding carboxylic acids is 1. The van der Waals surface area contributed by atoms with Gasteiger partial charge in [0.05, 0.1) is 12.2 Å². The molecule has 0 radical (unpaired) electrons. The van der Waals surface area contributed by atoms with Crippen LogP contribution in [0.25, 0.3) is 0 Å². The van der Waals surface area contributed by atoms with E-state index in [1.807, 2.05) is 0 Å². The normalized spacial score (nSPS) is 59.2. The summed E-state index contributed by atoms with van der Waals surface area (Å²) in [7, 11) is 0. The van der Waals surface area contributed by atoms with Crippen LogP contribution >= 0.6 is 0 Å². The van der Waals surface area contributed by atoms with Gasteiger partial charge in [0.25, 0.3) is 0 Å². The van der Waals surface area contributed by atoms with Gasteiger partial charge in [-0.1, -0.05) is 13.8 Å². The first-order valence-electron chi connectivity index (χ1n) is 9.37. The molecule has 4 nitrogen and oxygen atoms in total. The molecule has 0 aliphatic heterocycles. The molecular weight excluding hydrogens is 292 g/mol. The molecule has 23 heavy (non-hydrogen) atoms. The van der Waals surface area contributed by atoms with Crippen molar-refractivity contribution in [2.45, 2.75) is 77.1 Å². The molecule has 0 saturated heterocycles. The number of aliphatic hydroxyl groups is 3. The molecule has 0 heterocycles. The third kappa shape index (κ3) is 1.98. The van der Waals surface area contributed by atoms with Gasteiger partial charge in [0.1, 0.15) is 6.10 Å². The summed E-state index contributed by atoms with van der Waals surface area (Å²) in [4.78, 5) is 13.0. The average molecular weight is 322 g/mol. The van der Waals surface area contributed by atoms with Crippen LogP contribution in [0.3, 0.4) is 0 Å². The number of ketones is 1. The van der Waals surface area contributed by atoms with E-state index in [0.717, 1.165) is 38.5 Å². The fourth-order valence-electron chi connectivity index (χ4n) is 6.94. The van der Waals surface area contributed by atoms with E-state index in [-0.39, 0.29) is 46.6 Å². The minimum absolute atomic E-state index is 0.00315. The first-order chi connectivity index (χ1) is 10.8. The van der Waals surface area contributed by atoms with Crippen molar-refractivity contribution < 1.29 is 20.1 Å². The molecule has 3 N–H and O–H groups in total. The zero-order valence-electron chi connectivity index (χ0n) is 14.2. The van der Waals surface area contributed by atoms with Crippen LogP contribution in [0.15, 0.2) is 0 Å². The Balaban J connectivity index is 1.73. The standard InChI is InChI=1S/C19H30O4/c1-18-7-5-10(20)9-13(18)16(22)17(23)15-11-3-4-14(21)19(11,2)8-6-12(15)18/h10-16,20-22H,3-9H2,1-2H3/t10?,11-,12+,13?,14?,15-,16?,18+,19-/m0/s1. The third-order valence-electron chi connectivity index (χ3n) is 8.46. The molecule has 4 aliphatic carbocycles. The lowest BCUT2D eigenvalue weighted by atomic mass is 9.44. The molecule has 4 heteroatoms. The summed E-state index contributed by atoms with van der Waals surface area (Å²) in [5, 5.41) is 31.2. The van der Waals surface area contributed by atoms with E-state index < -0.39 is 6.10 Å². The summed E-state index contributed by atoms with van der Waals surface area (Å²) >= 11 is 0. The third-order valence-corrected chi connectivity index (χ3v) is 8.46. The number of fused-ring (bicyclic) bond motifs is 5. The van der Waals surface area contributed by atoms with E-state index >= 15 is 0 Å². The predicted molar refractivity (Wildman–Crippen MR) is 85.5 cm³/mol. The van der Waals surface area contributed by atoms with E-state index in [2.05, 4.69) is 13.8 Å². The van der Waals surface area contributed by atoms with Crippen molar-refractivity contribution >= 4 is 5.78 Å². The Kier molecular flexibility index (Phi) is 3.51. The van der Waals surface area contributed by atoms with E-state index in [9.17, 15) is 20.1 Å². The van der Waals surface area contributed by atoms with Crippen molar-refractivity contribution in [1.82, 2.24) is 0 Å². The first kappa shape index (κ1) is 16.0. The van der Waals surface area contributed by atoms with Gasteiger partial charge in [-0.05, 0) is 67.6 Å². The largest absolute Gasteiger partial charge is 0.393 e. The van der Waals surface area contributed by atoms with E-state index in [1.165, 1.54) is 0 Å². The number of Topliss-reactive ketones (excluding diaryl/α,β-unsaturated/α-hetero) is 1. The first-order valence-corrected chi connectivity index (χ1v) is 9.37. The van der Waals surface area contributed by atoms with Crippen LogP contribution in [0.1, 0.15) is 58.8 Å². The molecule has 4 fully saturated rings. The summed E-state index contributed by atoms with van der Waals surface area (Å²) in [5.41, 5.74) is -0.208. The van der Waals surface area contributed by atoms with Gasteiger partial charge in [0.2, 0.25) is 0 Å². The molecule has 4 saturated carbocycles. The quantitative estimate of drug-likeness (QED) is 0.636. The highest BCUT2D eigenvalue weighted by molar-refractivity contribution is 5.87. The SMILES string of the molecule is C[C@]12CCC(O)CC1C(O)C(=O)[C@@H]1[C@H]2CC[C@]2(C)C(O)CC[C@@H]12. The Morgan fingerprint density at radius 3 is 2.26 bits per heavy atom. The van der Waals surface area contributed by atoms with E-state index in [0.29, 0.717) is 12.3 Å². The van der Waals surface area contributed by atoms with Gasteiger partial charge >= 0.3 is 0 Å². The molecule has 4 unspecified atom stereocenters. The number of hydrogen-bond donors (Lipinski definition) is 3. The van der Waals surface area contributed by atoms with Gasteiger partial charge in [0, 0.05) is 11.8 Å². The summed E-state index contributed by atoms with van der Waals surface area (Å²) in [6.07, 6.45) is 4.25. The highest BCUT2D eigenvalue weighted by Crippen LogP contribution is 2.65. The summed E-state index contributed by atoms with van der Waals surface area (Å²) in [6.45, 7) is 4.38. The zero-order chi connectivity index (χ0) is 16.6. The Morgan fingerprint density at radius 2 is 1.52 bits per heavy atom. The number of carbonyl (C=O) groups is 1. The molecule has 9 atom stereocenters. The molecule has 4 aliphatic rings. The summed E-state index contributed by atoms with van der Waals surface area (Å²) in [6, 6.07) is 0. The van der Waals surface area contributed by atoms with Crippen molar-refractivity contribution in [1.29, 1.82) is 0 Å². The van der Waals surface area contributed by atoms with Crippen molar-refractivity contribution in [2.75, 3.05) is 0 Å². The Hall–Kier alpha value is -0.450. The average Bonchev–Trinajstić information content (AvgIpc) is 2.82. The smallest absolute Gasteiger partial charge is 0.165 e. The molecular formula is C19H30O4. The van der Waals surface area contributed by atoms with Gasteiger partial charge in [-0.2, -0.15) is 0 Å². The van der Waals surface area contributed by atoms with E-state index in [4.69, 9.17) is 0 Å². The maximum Gasteiger partial charge on any atom is 0.165 e. The molecule has 0 bridgehead atoms. The minimum atomic E-state index is -0.934. The van der Waals surface area contributed by atoms with Crippen LogP contribution in [0.4, 0.5) is 0 Å². The molecule has 0 aromatic carbocycles. The molecule has 0 amide bonds. The lowest BCUT2D eigenvalue weighted by molar-refractivity contribution is -0.184. The van der Waals surface area contributed by atoms with Crippen LogP contribution in [0, 0.1) is 34.5 Å². The second kappa shape index (κ2) is 5.03. The lowest BCUT2D eigenvalue weighted by Crippen LogP contribution is -2.62. The van der Waals surface area contributed by atoms with Crippen LogP contribution in [0.5, 0.6) is 0 Å². The fourth-order valence-corrected chi connectivity index (χ4v) is 6.94. The van der Waals surface area contributed by atoms with Crippen molar-refractivity contribution in [3.05, 3.63) is 0 Å². The van der Waals surface area contributed by atoms with Crippen molar-refractivity contribution in [3.8, 4) is 0 Å². The van der Waals surface area contributed by atoms with Crippen molar-refractivity contribution in [2.24, 2.45) is 34.5 Å². The fraction of sp³-hybridized carbons (Fsp3) is 0.947. The Bertz CT molecular complexity index is 519. The highest BCUT2D eigenvalue weighted by atomic mass is 16.3. The lowest BCUT2D eigenvalue weighted by Gasteiger charge is -2.60. The predicted octanol–water partition coefficient (Wildman–Crippen LogP) is 1.90. The van der Waals surface area contributed by atoms with Crippen LogP contribution in [-0.4, -0.2) is 39.4 Å². The topological polar surface area (TPSA) is 77.8 Å². The second-order valence-electron chi connectivity index (χ2n) is 9.26. The zero-order valence-corrected chi connectivity index (χ0v) is 14.2. The van der Waals surface area contributed by atoms with Gasteiger partial charge in [-0.3, -0.25) is 4.79 Å². The summed E-state index contributed by atoms with van der Waals surface area (Å²) in [5.74, 6) is 0.312. The highest BCUT2D eigenvalue weighted by Gasteiger charge is 2.64. The van der Waals surface area contributed by atoms with Crippen LogP contribution in [0.2, 0.25) is 0 Å². The monoisotopic (exact) mass is 322 g/mol. The maximum atomic E-state index is 13.0. The second-order valence-corrected chi connectivity index (χ2v) is 9.26. The Morgan fingerprint density at radius 1 is 0.870 bits per heavy atom. The van der Waals surface area contributed by atoms with Crippen molar-refractivity contribution in [3.63, 3.8) is 0 Å². The Labute approximate surface area is 138 Å².